The van der Waals surface area contributed by atoms with Crippen LogP contribution in [0.4, 0.5) is 5.82 Å². The number of nitrogens with one attached hydrogen (secondary N) is 1. The first-order valence-electron chi connectivity index (χ1n) is 8.06. The van der Waals surface area contributed by atoms with Crippen molar-refractivity contribution >= 4 is 5.82 Å². The van der Waals surface area contributed by atoms with Crippen LogP contribution >= 0.6 is 0 Å². The van der Waals surface area contributed by atoms with Gasteiger partial charge in [0.15, 0.2) is 5.82 Å². The van der Waals surface area contributed by atoms with E-state index in [4.69, 9.17) is 0 Å². The minimum atomic E-state index is 0.729. The predicted molar refractivity (Wildman–Crippen MR) is 92.5 cm³/mol. The Morgan fingerprint density at radius 3 is 2.50 bits per heavy atom. The fourth-order valence-electron chi connectivity index (χ4n) is 2.39. The van der Waals surface area contributed by atoms with Gasteiger partial charge in [0.05, 0.1) is 0 Å². The second kappa shape index (κ2) is 7.63. The third-order valence-electron chi connectivity index (χ3n) is 3.93. The van der Waals surface area contributed by atoms with Crippen molar-refractivity contribution in [2.75, 3.05) is 11.9 Å². The van der Waals surface area contributed by atoms with Crippen LogP contribution in [-0.4, -0.2) is 36.3 Å². The maximum Gasteiger partial charge on any atom is 0.161 e. The molecule has 0 radical (unpaired) electrons. The monoisotopic (exact) mass is 323 g/mol. The maximum absolute atomic E-state index is 4.68. The largest absolute Gasteiger partial charge is 0.370 e. The number of aryl methyl sites for hydroxylation is 2. The van der Waals surface area contributed by atoms with Gasteiger partial charge in [0, 0.05) is 42.3 Å². The molecule has 3 aromatic rings. The lowest BCUT2D eigenvalue weighted by molar-refractivity contribution is 0.619. The first-order chi connectivity index (χ1) is 11.7. The molecular formula is C17H21N7. The fraction of sp³-hybridized carbons (Fsp3) is 0.353. The molecule has 3 heterocycles. The quantitative estimate of drug-likeness (QED) is 0.673. The van der Waals surface area contributed by atoms with Gasteiger partial charge in [-0.3, -0.25) is 4.98 Å². The molecule has 0 spiro atoms. The minimum Gasteiger partial charge on any atom is -0.370 e. The molecule has 3 rings (SSSR count). The van der Waals surface area contributed by atoms with Crippen molar-refractivity contribution in [3.05, 3.63) is 48.4 Å². The highest BCUT2D eigenvalue weighted by molar-refractivity contribution is 5.59. The summed E-state index contributed by atoms with van der Waals surface area (Å²) in [6, 6.07) is 3.85. The second-order valence-electron chi connectivity index (χ2n) is 5.68. The Morgan fingerprint density at radius 2 is 1.75 bits per heavy atom. The predicted octanol–water partition coefficient (Wildman–Crippen LogP) is 2.64. The maximum atomic E-state index is 4.68. The highest BCUT2D eigenvalue weighted by Crippen LogP contribution is 2.21. The van der Waals surface area contributed by atoms with E-state index in [-0.39, 0.29) is 0 Å². The Hall–Kier alpha value is -2.83. The summed E-state index contributed by atoms with van der Waals surface area (Å²) >= 11 is 0. The number of rotatable bonds is 7. The first-order valence-corrected chi connectivity index (χ1v) is 8.06. The number of nitrogens with zero attached hydrogens (tertiary/aromatic N) is 6. The van der Waals surface area contributed by atoms with Crippen molar-refractivity contribution in [2.45, 2.75) is 33.2 Å². The van der Waals surface area contributed by atoms with Crippen molar-refractivity contribution in [3.8, 4) is 11.4 Å². The van der Waals surface area contributed by atoms with Gasteiger partial charge in [-0.05, 0) is 38.8 Å². The number of hydrogen-bond acceptors (Lipinski definition) is 6. The molecule has 0 unspecified atom stereocenters. The Labute approximate surface area is 141 Å². The van der Waals surface area contributed by atoms with Crippen LogP contribution < -0.4 is 5.32 Å². The number of aromatic nitrogens is 6. The topological polar surface area (TPSA) is 81.4 Å². The van der Waals surface area contributed by atoms with Crippen LogP contribution in [0.25, 0.3) is 11.4 Å². The van der Waals surface area contributed by atoms with Gasteiger partial charge in [-0.2, -0.15) is 0 Å². The lowest BCUT2D eigenvalue weighted by Crippen LogP contribution is -2.09. The van der Waals surface area contributed by atoms with Crippen molar-refractivity contribution < 1.29 is 0 Å². The fourth-order valence-corrected chi connectivity index (χ4v) is 2.39. The molecule has 124 valence electrons. The average Bonchev–Trinajstić information content (AvgIpc) is 3.12. The van der Waals surface area contributed by atoms with E-state index >= 15 is 0 Å². The molecule has 0 aliphatic rings. The molecular weight excluding hydrogens is 302 g/mol. The summed E-state index contributed by atoms with van der Waals surface area (Å²) in [5, 5.41) is 11.0. The summed E-state index contributed by atoms with van der Waals surface area (Å²) in [5.74, 6) is 1.63. The standard InChI is InChI=1S/C17H21N7/c1-13-14(2)22-17(15-5-8-18-9-6-15)23-16(13)19-7-3-4-10-24-11-20-21-12-24/h5-6,8-9,11-12H,3-4,7,10H2,1-2H3,(H,19,22,23). The Kier molecular flexibility index (Phi) is 5.10. The van der Waals surface area contributed by atoms with Gasteiger partial charge in [-0.25, -0.2) is 9.97 Å². The van der Waals surface area contributed by atoms with Crippen LogP contribution in [0.5, 0.6) is 0 Å². The highest BCUT2D eigenvalue weighted by atomic mass is 15.2. The first kappa shape index (κ1) is 16.0. The van der Waals surface area contributed by atoms with Crippen molar-refractivity contribution in [1.82, 2.24) is 29.7 Å². The van der Waals surface area contributed by atoms with Crippen molar-refractivity contribution in [3.63, 3.8) is 0 Å². The lowest BCUT2D eigenvalue weighted by Gasteiger charge is -2.12. The number of hydrogen-bond donors (Lipinski definition) is 1. The number of anilines is 1. The Morgan fingerprint density at radius 1 is 1.00 bits per heavy atom. The van der Waals surface area contributed by atoms with E-state index in [9.17, 15) is 0 Å². The van der Waals surface area contributed by atoms with E-state index in [2.05, 4.69) is 30.5 Å². The molecule has 7 nitrogen and oxygen atoms in total. The third kappa shape index (κ3) is 3.92. The van der Waals surface area contributed by atoms with Gasteiger partial charge < -0.3 is 9.88 Å². The van der Waals surface area contributed by atoms with Gasteiger partial charge in [0.25, 0.3) is 0 Å². The smallest absolute Gasteiger partial charge is 0.161 e. The van der Waals surface area contributed by atoms with Gasteiger partial charge in [0.1, 0.15) is 18.5 Å². The molecule has 7 heteroatoms. The molecule has 3 aromatic heterocycles. The lowest BCUT2D eigenvalue weighted by atomic mass is 10.2. The Bertz CT molecular complexity index is 769. The van der Waals surface area contributed by atoms with E-state index in [1.807, 2.05) is 30.5 Å². The SMILES string of the molecule is Cc1nc(-c2ccncc2)nc(NCCCCn2cnnc2)c1C. The molecule has 0 saturated carbocycles. The van der Waals surface area contributed by atoms with Crippen LogP contribution in [0, 0.1) is 13.8 Å². The molecule has 0 atom stereocenters. The molecule has 0 bridgehead atoms. The molecule has 1 N–H and O–H groups in total. The van der Waals surface area contributed by atoms with E-state index in [1.54, 1.807) is 25.0 Å². The van der Waals surface area contributed by atoms with Crippen LogP contribution in [0.15, 0.2) is 37.2 Å². The van der Waals surface area contributed by atoms with Gasteiger partial charge in [-0.1, -0.05) is 0 Å². The van der Waals surface area contributed by atoms with Crippen LogP contribution in [-0.2, 0) is 6.54 Å². The van der Waals surface area contributed by atoms with Crippen LogP contribution in [0.3, 0.4) is 0 Å². The summed E-state index contributed by atoms with van der Waals surface area (Å²) in [6.07, 6.45) is 9.10. The molecule has 0 aromatic carbocycles. The van der Waals surface area contributed by atoms with E-state index < -0.39 is 0 Å². The van der Waals surface area contributed by atoms with Crippen molar-refractivity contribution in [1.29, 1.82) is 0 Å². The zero-order valence-corrected chi connectivity index (χ0v) is 14.0. The zero-order chi connectivity index (χ0) is 16.8. The average molecular weight is 323 g/mol. The minimum absolute atomic E-state index is 0.729. The Balaban J connectivity index is 1.61. The highest BCUT2D eigenvalue weighted by Gasteiger charge is 2.09. The molecule has 0 aliphatic carbocycles. The van der Waals surface area contributed by atoms with Crippen molar-refractivity contribution in [2.24, 2.45) is 0 Å². The summed E-state index contributed by atoms with van der Waals surface area (Å²) in [5.41, 5.74) is 3.05. The summed E-state index contributed by atoms with van der Waals surface area (Å²) < 4.78 is 1.99. The zero-order valence-electron chi connectivity index (χ0n) is 14.0. The normalized spacial score (nSPS) is 10.8. The third-order valence-corrected chi connectivity index (χ3v) is 3.93. The van der Waals surface area contributed by atoms with Crippen LogP contribution in [0.1, 0.15) is 24.1 Å². The molecule has 0 saturated heterocycles. The van der Waals surface area contributed by atoms with Crippen LogP contribution in [0.2, 0.25) is 0 Å². The summed E-state index contributed by atoms with van der Waals surface area (Å²) in [7, 11) is 0. The van der Waals surface area contributed by atoms with E-state index in [0.29, 0.717) is 0 Å². The number of pyridine rings is 1. The van der Waals surface area contributed by atoms with E-state index in [0.717, 1.165) is 54.4 Å². The second-order valence-corrected chi connectivity index (χ2v) is 5.68. The molecule has 0 fully saturated rings. The summed E-state index contributed by atoms with van der Waals surface area (Å²) in [6.45, 7) is 5.86. The molecule has 24 heavy (non-hydrogen) atoms. The van der Waals surface area contributed by atoms with E-state index in [1.165, 1.54) is 0 Å². The molecule has 0 aliphatic heterocycles. The van der Waals surface area contributed by atoms with Gasteiger partial charge in [-0.15, -0.1) is 10.2 Å². The number of unbranched alkanes of at least 4 members (excludes halogenated alkanes) is 1. The van der Waals surface area contributed by atoms with Gasteiger partial charge >= 0.3 is 0 Å². The summed E-state index contributed by atoms with van der Waals surface area (Å²) in [4.78, 5) is 13.3. The molecule has 0 amide bonds. The van der Waals surface area contributed by atoms with Gasteiger partial charge in [0.2, 0.25) is 0 Å².